The van der Waals surface area contributed by atoms with Gasteiger partial charge in [0.05, 0.1) is 24.4 Å². The van der Waals surface area contributed by atoms with E-state index < -0.39 is 0 Å². The Balaban J connectivity index is 1.96. The molecule has 0 spiro atoms. The van der Waals surface area contributed by atoms with E-state index in [1.54, 1.807) is 5.51 Å². The van der Waals surface area contributed by atoms with Crippen LogP contribution in [0.2, 0.25) is 0 Å². The van der Waals surface area contributed by atoms with E-state index in [1.165, 1.54) is 17.5 Å². The van der Waals surface area contributed by atoms with Crippen molar-refractivity contribution in [3.63, 3.8) is 0 Å². The first-order valence-electron chi connectivity index (χ1n) is 5.63. The monoisotopic (exact) mass is 262 g/mol. The van der Waals surface area contributed by atoms with Crippen LogP contribution in [0.3, 0.4) is 0 Å². The summed E-state index contributed by atoms with van der Waals surface area (Å²) in [7, 11) is 0. The number of aliphatic hydroxyl groups is 1. The number of nitrogens with one attached hydrogen (secondary N) is 1. The molecule has 0 radical (unpaired) electrons. The Morgan fingerprint density at radius 2 is 2.17 bits per heavy atom. The molecule has 0 aliphatic heterocycles. The Labute approximate surface area is 109 Å². The lowest BCUT2D eigenvalue weighted by atomic mass is 10.1. The molecule has 1 amide bonds. The van der Waals surface area contributed by atoms with E-state index in [4.69, 9.17) is 0 Å². The Morgan fingerprint density at radius 3 is 2.78 bits per heavy atom. The highest BCUT2D eigenvalue weighted by Gasteiger charge is 2.14. The molecule has 2 N–H and O–H groups in total. The van der Waals surface area contributed by atoms with E-state index >= 15 is 0 Å². The summed E-state index contributed by atoms with van der Waals surface area (Å²) in [6, 6.07) is 9.49. The van der Waals surface area contributed by atoms with Crippen LogP contribution in [-0.4, -0.2) is 28.6 Å². The first kappa shape index (κ1) is 12.7. The summed E-state index contributed by atoms with van der Waals surface area (Å²) in [5.41, 5.74) is 2.70. The molecule has 1 heterocycles. The lowest BCUT2D eigenvalue weighted by Gasteiger charge is -2.15. The number of thiazole rings is 1. The van der Waals surface area contributed by atoms with Gasteiger partial charge in [-0.1, -0.05) is 30.3 Å². The summed E-state index contributed by atoms with van der Waals surface area (Å²) in [6.07, 6.45) is 2.14. The average Bonchev–Trinajstić information content (AvgIpc) is 2.93. The van der Waals surface area contributed by atoms with Gasteiger partial charge in [-0.25, -0.2) is 0 Å². The number of rotatable bonds is 5. The maximum absolute atomic E-state index is 11.8. The normalized spacial score (nSPS) is 12.1. The number of amides is 1. The summed E-state index contributed by atoms with van der Waals surface area (Å²) >= 11 is 1.29. The van der Waals surface area contributed by atoms with Crippen LogP contribution in [0, 0.1) is 0 Å². The summed E-state index contributed by atoms with van der Waals surface area (Å²) in [5.74, 6) is -0.188. The van der Waals surface area contributed by atoms with Gasteiger partial charge < -0.3 is 10.4 Å². The predicted octanol–water partition coefficient (Wildman–Crippen LogP) is 1.48. The molecule has 0 saturated heterocycles. The molecule has 18 heavy (non-hydrogen) atoms. The van der Waals surface area contributed by atoms with Crippen LogP contribution >= 0.6 is 11.3 Å². The molecule has 5 heteroatoms. The minimum atomic E-state index is -0.276. The van der Waals surface area contributed by atoms with Crippen LogP contribution in [0.15, 0.2) is 42.0 Å². The van der Waals surface area contributed by atoms with E-state index in [2.05, 4.69) is 10.3 Å². The van der Waals surface area contributed by atoms with Gasteiger partial charge in [0.25, 0.3) is 5.91 Å². The van der Waals surface area contributed by atoms with Crippen LogP contribution in [0.4, 0.5) is 0 Å². The second-order valence-corrected chi connectivity index (χ2v) is 4.79. The minimum absolute atomic E-state index is 0.0839. The van der Waals surface area contributed by atoms with E-state index in [0.717, 1.165) is 5.56 Å². The molecule has 94 valence electrons. The third kappa shape index (κ3) is 3.38. The van der Waals surface area contributed by atoms with Gasteiger partial charge in [0.1, 0.15) is 4.88 Å². The third-order valence-corrected chi connectivity index (χ3v) is 3.31. The molecular weight excluding hydrogens is 248 g/mol. The Morgan fingerprint density at radius 1 is 1.39 bits per heavy atom. The molecule has 0 fully saturated rings. The van der Waals surface area contributed by atoms with Crippen LogP contribution < -0.4 is 5.32 Å². The summed E-state index contributed by atoms with van der Waals surface area (Å²) in [6.45, 7) is -0.0839. The highest BCUT2D eigenvalue weighted by molar-refractivity contribution is 7.11. The van der Waals surface area contributed by atoms with Gasteiger partial charge in [-0.15, -0.1) is 11.3 Å². The van der Waals surface area contributed by atoms with Crippen molar-refractivity contribution in [2.45, 2.75) is 12.5 Å². The molecule has 4 nitrogen and oxygen atoms in total. The zero-order valence-electron chi connectivity index (χ0n) is 9.74. The second-order valence-electron chi connectivity index (χ2n) is 3.91. The fourth-order valence-corrected chi connectivity index (χ4v) is 2.17. The fourth-order valence-electron chi connectivity index (χ4n) is 1.64. The Hall–Kier alpha value is -1.72. The van der Waals surface area contributed by atoms with Gasteiger partial charge >= 0.3 is 0 Å². The average molecular weight is 262 g/mol. The lowest BCUT2D eigenvalue weighted by molar-refractivity contribution is 0.0920. The van der Waals surface area contributed by atoms with Crippen molar-refractivity contribution in [3.05, 3.63) is 52.5 Å². The maximum atomic E-state index is 11.8. The van der Waals surface area contributed by atoms with E-state index in [1.807, 2.05) is 30.3 Å². The standard InChI is InChI=1S/C13H14N2O2S/c16-8-11(6-10-4-2-1-3-5-10)15-13(17)12-7-14-9-18-12/h1-5,7,9,11,16H,6,8H2,(H,15,17)/t11-/m0/s1. The fraction of sp³-hybridized carbons (Fsp3) is 0.231. The topological polar surface area (TPSA) is 62.2 Å². The van der Waals surface area contributed by atoms with Crippen molar-refractivity contribution >= 4 is 17.2 Å². The van der Waals surface area contributed by atoms with Crippen LogP contribution in [-0.2, 0) is 6.42 Å². The van der Waals surface area contributed by atoms with E-state index in [0.29, 0.717) is 11.3 Å². The van der Waals surface area contributed by atoms with E-state index in [-0.39, 0.29) is 18.6 Å². The molecule has 1 atom stereocenters. The van der Waals surface area contributed by atoms with Crippen LogP contribution in [0.1, 0.15) is 15.2 Å². The molecule has 2 rings (SSSR count). The Bertz CT molecular complexity index is 485. The quantitative estimate of drug-likeness (QED) is 0.858. The third-order valence-electron chi connectivity index (χ3n) is 2.54. The predicted molar refractivity (Wildman–Crippen MR) is 70.6 cm³/mol. The van der Waals surface area contributed by atoms with Crippen molar-refractivity contribution in [2.24, 2.45) is 0 Å². The number of carbonyl (C=O) groups is 1. The smallest absolute Gasteiger partial charge is 0.263 e. The molecule has 1 aromatic heterocycles. The Kier molecular flexibility index (Phi) is 4.44. The molecule has 0 unspecified atom stereocenters. The second kappa shape index (κ2) is 6.28. The zero-order valence-corrected chi connectivity index (χ0v) is 10.6. The largest absolute Gasteiger partial charge is 0.394 e. The van der Waals surface area contributed by atoms with Crippen molar-refractivity contribution in [1.29, 1.82) is 0 Å². The van der Waals surface area contributed by atoms with Crippen molar-refractivity contribution in [3.8, 4) is 0 Å². The highest BCUT2D eigenvalue weighted by atomic mass is 32.1. The van der Waals surface area contributed by atoms with Crippen LogP contribution in [0.25, 0.3) is 0 Å². The van der Waals surface area contributed by atoms with Gasteiger partial charge in [-0.2, -0.15) is 0 Å². The number of hydrogen-bond donors (Lipinski definition) is 2. The van der Waals surface area contributed by atoms with Gasteiger partial charge in [0, 0.05) is 0 Å². The number of nitrogens with zero attached hydrogens (tertiary/aromatic N) is 1. The summed E-state index contributed by atoms with van der Waals surface area (Å²) < 4.78 is 0. The van der Waals surface area contributed by atoms with Crippen LogP contribution in [0.5, 0.6) is 0 Å². The van der Waals surface area contributed by atoms with Crippen molar-refractivity contribution in [2.75, 3.05) is 6.61 Å². The summed E-state index contributed by atoms with van der Waals surface area (Å²) in [5, 5.41) is 12.1. The van der Waals surface area contributed by atoms with E-state index in [9.17, 15) is 9.90 Å². The first-order chi connectivity index (χ1) is 8.79. The SMILES string of the molecule is O=C(N[C@H](CO)Cc1ccccc1)c1cncs1. The maximum Gasteiger partial charge on any atom is 0.263 e. The summed E-state index contributed by atoms with van der Waals surface area (Å²) in [4.78, 5) is 16.2. The molecule has 0 saturated carbocycles. The number of aromatic nitrogens is 1. The molecule has 0 aliphatic rings. The number of benzene rings is 1. The molecule has 1 aromatic carbocycles. The van der Waals surface area contributed by atoms with Gasteiger partial charge in [0.15, 0.2) is 0 Å². The van der Waals surface area contributed by atoms with Gasteiger partial charge in [-0.3, -0.25) is 9.78 Å². The molecular formula is C13H14N2O2S. The molecule has 0 aliphatic carbocycles. The number of carbonyl (C=O) groups excluding carboxylic acids is 1. The van der Waals surface area contributed by atoms with Crippen molar-refractivity contribution < 1.29 is 9.90 Å². The van der Waals surface area contributed by atoms with Gasteiger partial charge in [0.2, 0.25) is 0 Å². The number of aliphatic hydroxyl groups excluding tert-OH is 1. The minimum Gasteiger partial charge on any atom is -0.394 e. The zero-order chi connectivity index (χ0) is 12.8. The van der Waals surface area contributed by atoms with Gasteiger partial charge in [-0.05, 0) is 12.0 Å². The number of hydrogen-bond acceptors (Lipinski definition) is 4. The highest BCUT2D eigenvalue weighted by Crippen LogP contribution is 2.07. The first-order valence-corrected chi connectivity index (χ1v) is 6.51. The molecule has 0 bridgehead atoms. The molecule has 2 aromatic rings. The lowest BCUT2D eigenvalue weighted by Crippen LogP contribution is -2.38. The van der Waals surface area contributed by atoms with Crippen molar-refractivity contribution in [1.82, 2.24) is 10.3 Å².